The van der Waals surface area contributed by atoms with Gasteiger partial charge in [0.05, 0.1) is 6.61 Å². The minimum absolute atomic E-state index is 0.653. The molecule has 0 atom stereocenters. The highest BCUT2D eigenvalue weighted by atomic mass is 79.9. The van der Waals surface area contributed by atoms with E-state index in [1.165, 1.54) is 5.56 Å². The van der Waals surface area contributed by atoms with Gasteiger partial charge < -0.3 is 14.8 Å². The van der Waals surface area contributed by atoms with E-state index in [0.29, 0.717) is 5.92 Å². The van der Waals surface area contributed by atoms with Gasteiger partial charge in [0.2, 0.25) is 0 Å². The summed E-state index contributed by atoms with van der Waals surface area (Å²) in [4.78, 5) is 0. The van der Waals surface area contributed by atoms with E-state index in [4.69, 9.17) is 9.47 Å². The predicted molar refractivity (Wildman–Crippen MR) is 87.3 cm³/mol. The van der Waals surface area contributed by atoms with E-state index in [1.807, 2.05) is 12.1 Å². The first-order valence-corrected chi connectivity index (χ1v) is 8.03. The van der Waals surface area contributed by atoms with Crippen molar-refractivity contribution in [3.63, 3.8) is 0 Å². The fraction of sp³-hybridized carbons (Fsp3) is 0.625. The predicted octanol–water partition coefficient (Wildman–Crippen LogP) is 4.00. The van der Waals surface area contributed by atoms with Gasteiger partial charge in [0, 0.05) is 30.3 Å². The van der Waals surface area contributed by atoms with Crippen LogP contribution in [0.2, 0.25) is 0 Å². The molecule has 0 saturated heterocycles. The van der Waals surface area contributed by atoms with Crippen LogP contribution in [0.3, 0.4) is 0 Å². The van der Waals surface area contributed by atoms with Crippen LogP contribution < -0.4 is 10.1 Å². The fourth-order valence-electron chi connectivity index (χ4n) is 1.85. The van der Waals surface area contributed by atoms with Crippen molar-refractivity contribution in [2.45, 2.75) is 33.2 Å². The third-order valence-electron chi connectivity index (χ3n) is 2.89. The van der Waals surface area contributed by atoms with Crippen molar-refractivity contribution < 1.29 is 9.47 Å². The molecule has 0 aliphatic carbocycles. The summed E-state index contributed by atoms with van der Waals surface area (Å²) in [5, 5.41) is 3.46. The average molecular weight is 344 g/mol. The molecule has 114 valence electrons. The summed E-state index contributed by atoms with van der Waals surface area (Å²) in [6.45, 7) is 7.81. The lowest BCUT2D eigenvalue weighted by Crippen LogP contribution is -2.19. The first kappa shape index (κ1) is 17.5. The number of hydrogen-bond acceptors (Lipinski definition) is 3. The molecular formula is C16H26BrNO2. The number of unbranched alkanes of at least 4 members (excludes halogenated alkanes) is 1. The number of methoxy groups -OCH3 is 1. The van der Waals surface area contributed by atoms with Crippen LogP contribution in [0.15, 0.2) is 22.7 Å². The van der Waals surface area contributed by atoms with Gasteiger partial charge in [-0.1, -0.05) is 29.8 Å². The van der Waals surface area contributed by atoms with Gasteiger partial charge in [-0.25, -0.2) is 0 Å². The molecule has 0 aliphatic heterocycles. The van der Waals surface area contributed by atoms with E-state index in [2.05, 4.69) is 41.2 Å². The van der Waals surface area contributed by atoms with Crippen molar-refractivity contribution >= 4 is 15.9 Å². The normalized spacial score (nSPS) is 11.1. The lowest BCUT2D eigenvalue weighted by atomic mass is 10.2. The largest absolute Gasteiger partial charge is 0.493 e. The zero-order valence-electron chi connectivity index (χ0n) is 12.7. The van der Waals surface area contributed by atoms with Gasteiger partial charge in [-0.15, -0.1) is 0 Å². The Kier molecular flexibility index (Phi) is 8.90. The Morgan fingerprint density at radius 3 is 2.65 bits per heavy atom. The summed E-state index contributed by atoms with van der Waals surface area (Å²) < 4.78 is 12.0. The second-order valence-electron chi connectivity index (χ2n) is 5.33. The number of ether oxygens (including phenoxy) is 2. The van der Waals surface area contributed by atoms with Gasteiger partial charge >= 0.3 is 0 Å². The van der Waals surface area contributed by atoms with Gasteiger partial charge in [0.15, 0.2) is 0 Å². The summed E-state index contributed by atoms with van der Waals surface area (Å²) in [6, 6.07) is 6.18. The van der Waals surface area contributed by atoms with Crippen molar-refractivity contribution in [2.24, 2.45) is 5.92 Å². The second kappa shape index (κ2) is 10.2. The Morgan fingerprint density at radius 1 is 1.20 bits per heavy atom. The summed E-state index contributed by atoms with van der Waals surface area (Å²) >= 11 is 3.52. The number of hydrogen-bond donors (Lipinski definition) is 1. The molecule has 0 amide bonds. The molecule has 3 nitrogen and oxygen atoms in total. The Balaban J connectivity index is 2.47. The first-order valence-electron chi connectivity index (χ1n) is 7.24. The topological polar surface area (TPSA) is 30.5 Å². The smallest absolute Gasteiger partial charge is 0.123 e. The molecule has 0 aromatic heterocycles. The third kappa shape index (κ3) is 7.27. The van der Waals surface area contributed by atoms with E-state index in [1.54, 1.807) is 7.11 Å². The lowest BCUT2D eigenvalue weighted by Gasteiger charge is -2.13. The highest BCUT2D eigenvalue weighted by Gasteiger charge is 2.05. The number of rotatable bonds is 10. The van der Waals surface area contributed by atoms with Crippen LogP contribution in [0, 0.1) is 5.92 Å². The first-order chi connectivity index (χ1) is 9.63. The average Bonchev–Trinajstić information content (AvgIpc) is 2.40. The highest BCUT2D eigenvalue weighted by Crippen LogP contribution is 2.23. The van der Waals surface area contributed by atoms with E-state index in [-0.39, 0.29) is 0 Å². The zero-order chi connectivity index (χ0) is 14.8. The second-order valence-corrected chi connectivity index (χ2v) is 6.24. The molecule has 1 aromatic rings. The minimum atomic E-state index is 0.653. The van der Waals surface area contributed by atoms with Crippen LogP contribution in [0.1, 0.15) is 32.3 Å². The fourth-order valence-corrected chi connectivity index (χ4v) is 2.26. The van der Waals surface area contributed by atoms with Crippen molar-refractivity contribution in [2.75, 3.05) is 26.9 Å². The minimum Gasteiger partial charge on any atom is -0.493 e. The molecule has 0 bridgehead atoms. The van der Waals surface area contributed by atoms with Crippen molar-refractivity contribution in [3.8, 4) is 5.75 Å². The van der Waals surface area contributed by atoms with Crippen LogP contribution in [0.25, 0.3) is 0 Å². The maximum Gasteiger partial charge on any atom is 0.123 e. The van der Waals surface area contributed by atoms with Crippen molar-refractivity contribution in [1.29, 1.82) is 0 Å². The molecule has 0 heterocycles. The van der Waals surface area contributed by atoms with Crippen LogP contribution in [-0.2, 0) is 11.3 Å². The molecule has 0 radical (unpaired) electrons. The quantitative estimate of drug-likeness (QED) is 0.651. The summed E-state index contributed by atoms with van der Waals surface area (Å²) in [6.07, 6.45) is 2.05. The van der Waals surface area contributed by atoms with E-state index < -0.39 is 0 Å². The zero-order valence-corrected chi connectivity index (χ0v) is 14.3. The number of halogens is 1. The molecule has 4 heteroatoms. The summed E-state index contributed by atoms with van der Waals surface area (Å²) in [7, 11) is 1.73. The van der Waals surface area contributed by atoms with Crippen molar-refractivity contribution in [1.82, 2.24) is 5.32 Å². The van der Waals surface area contributed by atoms with Gasteiger partial charge in [-0.3, -0.25) is 0 Å². The Morgan fingerprint density at radius 2 is 1.95 bits per heavy atom. The molecule has 1 rings (SSSR count). The lowest BCUT2D eigenvalue weighted by molar-refractivity contribution is 0.184. The molecule has 0 aliphatic rings. The SMILES string of the molecule is COCCCCOc1ccc(Br)cc1CNCC(C)C. The summed E-state index contributed by atoms with van der Waals surface area (Å²) in [5.74, 6) is 1.63. The highest BCUT2D eigenvalue weighted by molar-refractivity contribution is 9.10. The van der Waals surface area contributed by atoms with Gasteiger partial charge in [0.1, 0.15) is 5.75 Å². The Bertz CT molecular complexity index is 383. The molecule has 0 fully saturated rings. The van der Waals surface area contributed by atoms with Crippen LogP contribution in [0.4, 0.5) is 0 Å². The Labute approximate surface area is 131 Å². The van der Waals surface area contributed by atoms with Gasteiger partial charge in [-0.2, -0.15) is 0 Å². The van der Waals surface area contributed by atoms with Gasteiger partial charge in [-0.05, 0) is 43.5 Å². The molecule has 0 saturated carbocycles. The molecule has 0 unspecified atom stereocenters. The maximum atomic E-state index is 5.88. The standard InChI is InChI=1S/C16H26BrNO2/c1-13(2)11-18-12-14-10-15(17)6-7-16(14)20-9-5-4-8-19-3/h6-7,10,13,18H,4-5,8-9,11-12H2,1-3H3. The van der Waals surface area contributed by atoms with Crippen LogP contribution in [0.5, 0.6) is 5.75 Å². The molecule has 0 spiro atoms. The molecular weight excluding hydrogens is 318 g/mol. The molecule has 1 N–H and O–H groups in total. The molecule has 20 heavy (non-hydrogen) atoms. The van der Waals surface area contributed by atoms with E-state index in [9.17, 15) is 0 Å². The van der Waals surface area contributed by atoms with Crippen LogP contribution >= 0.6 is 15.9 Å². The number of nitrogens with one attached hydrogen (secondary N) is 1. The molecule has 1 aromatic carbocycles. The van der Waals surface area contributed by atoms with Crippen molar-refractivity contribution in [3.05, 3.63) is 28.2 Å². The monoisotopic (exact) mass is 343 g/mol. The van der Waals surface area contributed by atoms with E-state index in [0.717, 1.165) is 49.4 Å². The number of benzene rings is 1. The van der Waals surface area contributed by atoms with Crippen LogP contribution in [-0.4, -0.2) is 26.9 Å². The van der Waals surface area contributed by atoms with Gasteiger partial charge in [0.25, 0.3) is 0 Å². The summed E-state index contributed by atoms with van der Waals surface area (Å²) in [5.41, 5.74) is 1.20. The third-order valence-corrected chi connectivity index (χ3v) is 3.38. The Hall–Kier alpha value is -0.580. The van der Waals surface area contributed by atoms with E-state index >= 15 is 0 Å². The maximum absolute atomic E-state index is 5.88.